The second-order valence-corrected chi connectivity index (χ2v) is 9.06. The summed E-state index contributed by atoms with van der Waals surface area (Å²) in [5.74, 6) is 1.51. The molecule has 7 nitrogen and oxygen atoms in total. The van der Waals surface area contributed by atoms with Gasteiger partial charge in [-0.05, 0) is 44.0 Å². The number of rotatable bonds is 7. The van der Waals surface area contributed by atoms with Gasteiger partial charge in [0.05, 0.1) is 25.0 Å². The van der Waals surface area contributed by atoms with E-state index in [1.807, 2.05) is 18.2 Å². The molecule has 1 aromatic heterocycles. The van der Waals surface area contributed by atoms with Crippen LogP contribution in [0, 0.1) is 5.92 Å². The number of methoxy groups -OCH3 is 1. The Bertz CT molecular complexity index is 849. The van der Waals surface area contributed by atoms with Gasteiger partial charge in [-0.2, -0.15) is 4.98 Å². The maximum atomic E-state index is 11.3. The van der Waals surface area contributed by atoms with Crippen molar-refractivity contribution in [2.24, 2.45) is 5.92 Å². The van der Waals surface area contributed by atoms with Crippen LogP contribution in [-0.2, 0) is 9.84 Å². The average molecular weight is 379 g/mol. The van der Waals surface area contributed by atoms with Gasteiger partial charge in [0, 0.05) is 30.4 Å². The van der Waals surface area contributed by atoms with Gasteiger partial charge in [0.1, 0.15) is 15.6 Å². The van der Waals surface area contributed by atoms with E-state index in [1.54, 1.807) is 13.3 Å². The van der Waals surface area contributed by atoms with Crippen LogP contribution in [0.4, 0.5) is 0 Å². The smallest absolute Gasteiger partial charge is 0.316 e. The van der Waals surface area contributed by atoms with Crippen molar-refractivity contribution in [2.75, 3.05) is 45.4 Å². The van der Waals surface area contributed by atoms with Crippen LogP contribution in [0.15, 0.2) is 24.4 Å². The van der Waals surface area contributed by atoms with Gasteiger partial charge in [-0.15, -0.1) is 0 Å². The standard InChI is InChI=1S/C18H25N3O4S/c1-24-18-19-12-15-3-4-16(11-17(15)20-18)25-13-14-5-7-21(8-6-14)9-10-26(2,22)23/h3-4,11-12,14H,5-10,13H2,1-2H3. The summed E-state index contributed by atoms with van der Waals surface area (Å²) in [6, 6.07) is 6.12. The molecule has 0 bridgehead atoms. The highest BCUT2D eigenvalue weighted by Gasteiger charge is 2.20. The number of ether oxygens (including phenoxy) is 2. The van der Waals surface area contributed by atoms with E-state index < -0.39 is 9.84 Å². The van der Waals surface area contributed by atoms with Gasteiger partial charge in [-0.1, -0.05) is 0 Å². The van der Waals surface area contributed by atoms with E-state index in [0.717, 1.165) is 42.6 Å². The van der Waals surface area contributed by atoms with E-state index in [-0.39, 0.29) is 5.75 Å². The van der Waals surface area contributed by atoms with E-state index in [1.165, 1.54) is 6.26 Å². The highest BCUT2D eigenvalue weighted by molar-refractivity contribution is 7.90. The first-order chi connectivity index (χ1) is 12.4. The molecule has 1 saturated heterocycles. The van der Waals surface area contributed by atoms with Crippen LogP contribution in [0.25, 0.3) is 10.9 Å². The Morgan fingerprint density at radius 1 is 1.27 bits per heavy atom. The second kappa shape index (κ2) is 8.18. The van der Waals surface area contributed by atoms with E-state index in [4.69, 9.17) is 9.47 Å². The lowest BCUT2D eigenvalue weighted by Crippen LogP contribution is -2.38. The summed E-state index contributed by atoms with van der Waals surface area (Å²) in [5.41, 5.74) is 0.796. The molecule has 0 radical (unpaired) electrons. The maximum absolute atomic E-state index is 11.3. The number of likely N-dealkylation sites (tertiary alicyclic amines) is 1. The predicted octanol–water partition coefficient (Wildman–Crippen LogP) is 1.77. The molecule has 1 aliphatic rings. The molecule has 0 saturated carbocycles. The van der Waals surface area contributed by atoms with Gasteiger partial charge in [-0.25, -0.2) is 13.4 Å². The lowest BCUT2D eigenvalue weighted by molar-refractivity contribution is 0.146. The van der Waals surface area contributed by atoms with Crippen LogP contribution < -0.4 is 9.47 Å². The predicted molar refractivity (Wildman–Crippen MR) is 100 cm³/mol. The van der Waals surface area contributed by atoms with Crippen LogP contribution in [0.5, 0.6) is 11.8 Å². The molecular formula is C18H25N3O4S. The Hall–Kier alpha value is -1.93. The number of sulfone groups is 1. The largest absolute Gasteiger partial charge is 0.493 e. The van der Waals surface area contributed by atoms with Gasteiger partial charge < -0.3 is 14.4 Å². The molecule has 0 amide bonds. The Morgan fingerprint density at radius 2 is 2.04 bits per heavy atom. The third kappa shape index (κ3) is 5.28. The lowest BCUT2D eigenvalue weighted by atomic mass is 9.98. The molecule has 142 valence electrons. The summed E-state index contributed by atoms with van der Waals surface area (Å²) < 4.78 is 33.6. The van der Waals surface area contributed by atoms with E-state index in [2.05, 4.69) is 14.9 Å². The minimum atomic E-state index is -2.89. The van der Waals surface area contributed by atoms with E-state index >= 15 is 0 Å². The first kappa shape index (κ1) is 18.8. The number of benzene rings is 1. The van der Waals surface area contributed by atoms with Crippen LogP contribution in [0.3, 0.4) is 0 Å². The normalized spacial score (nSPS) is 16.7. The third-order valence-electron chi connectivity index (χ3n) is 4.69. The Labute approximate surface area is 154 Å². The van der Waals surface area contributed by atoms with Gasteiger partial charge in [0.15, 0.2) is 0 Å². The fourth-order valence-electron chi connectivity index (χ4n) is 3.06. The zero-order valence-corrected chi connectivity index (χ0v) is 16.0. The van der Waals surface area contributed by atoms with Crippen molar-refractivity contribution in [3.8, 4) is 11.8 Å². The van der Waals surface area contributed by atoms with Gasteiger partial charge in [-0.3, -0.25) is 0 Å². The summed E-state index contributed by atoms with van der Waals surface area (Å²) in [7, 11) is -1.35. The highest BCUT2D eigenvalue weighted by Crippen LogP contribution is 2.23. The fraction of sp³-hybridized carbons (Fsp3) is 0.556. The summed E-state index contributed by atoms with van der Waals surface area (Å²) in [6.07, 6.45) is 5.06. The number of hydrogen-bond acceptors (Lipinski definition) is 7. The zero-order chi connectivity index (χ0) is 18.6. The Balaban J connectivity index is 1.50. The number of aromatic nitrogens is 2. The molecule has 1 aromatic carbocycles. The second-order valence-electron chi connectivity index (χ2n) is 6.80. The minimum Gasteiger partial charge on any atom is -0.493 e. The van der Waals surface area contributed by atoms with Crippen molar-refractivity contribution in [3.63, 3.8) is 0 Å². The number of piperidine rings is 1. The van der Waals surface area contributed by atoms with Crippen LogP contribution in [0.2, 0.25) is 0 Å². The molecule has 26 heavy (non-hydrogen) atoms. The van der Waals surface area contributed by atoms with Crippen LogP contribution in [-0.4, -0.2) is 68.6 Å². The van der Waals surface area contributed by atoms with Crippen molar-refractivity contribution in [3.05, 3.63) is 24.4 Å². The molecule has 0 N–H and O–H groups in total. The monoisotopic (exact) mass is 379 g/mol. The third-order valence-corrected chi connectivity index (χ3v) is 5.61. The average Bonchev–Trinajstić information content (AvgIpc) is 2.64. The molecule has 0 atom stereocenters. The summed E-state index contributed by atoms with van der Waals surface area (Å²) >= 11 is 0. The topological polar surface area (TPSA) is 81.6 Å². The number of fused-ring (bicyclic) bond motifs is 1. The van der Waals surface area contributed by atoms with Crippen LogP contribution >= 0.6 is 0 Å². The summed E-state index contributed by atoms with van der Waals surface area (Å²) in [6.45, 7) is 3.13. The molecule has 0 aliphatic carbocycles. The summed E-state index contributed by atoms with van der Waals surface area (Å²) in [4.78, 5) is 10.6. The van der Waals surface area contributed by atoms with Gasteiger partial charge >= 0.3 is 6.01 Å². The van der Waals surface area contributed by atoms with Crippen molar-refractivity contribution in [2.45, 2.75) is 12.8 Å². The van der Waals surface area contributed by atoms with Crippen LogP contribution in [0.1, 0.15) is 12.8 Å². The molecule has 1 aliphatic heterocycles. The molecule has 2 heterocycles. The van der Waals surface area contributed by atoms with Crippen molar-refractivity contribution in [1.29, 1.82) is 0 Å². The van der Waals surface area contributed by atoms with Crippen molar-refractivity contribution < 1.29 is 17.9 Å². The molecule has 2 aromatic rings. The minimum absolute atomic E-state index is 0.233. The maximum Gasteiger partial charge on any atom is 0.316 e. The van der Waals surface area contributed by atoms with Crippen molar-refractivity contribution in [1.82, 2.24) is 14.9 Å². The first-order valence-electron chi connectivity index (χ1n) is 8.76. The molecule has 0 unspecified atom stereocenters. The highest BCUT2D eigenvalue weighted by atomic mass is 32.2. The van der Waals surface area contributed by atoms with Gasteiger partial charge in [0.2, 0.25) is 0 Å². The van der Waals surface area contributed by atoms with Gasteiger partial charge in [0.25, 0.3) is 0 Å². The molecule has 3 rings (SSSR count). The quantitative estimate of drug-likeness (QED) is 0.725. The zero-order valence-electron chi connectivity index (χ0n) is 15.2. The van der Waals surface area contributed by atoms with Crippen molar-refractivity contribution >= 4 is 20.7 Å². The number of hydrogen-bond donors (Lipinski definition) is 0. The summed E-state index contributed by atoms with van der Waals surface area (Å²) in [5, 5.41) is 0.942. The lowest BCUT2D eigenvalue weighted by Gasteiger charge is -2.31. The fourth-order valence-corrected chi connectivity index (χ4v) is 3.65. The SMILES string of the molecule is COc1ncc2ccc(OCC3CCN(CCS(C)(=O)=O)CC3)cc2n1. The number of nitrogens with zero attached hydrogens (tertiary/aromatic N) is 3. The van der Waals surface area contributed by atoms with E-state index in [0.29, 0.717) is 25.1 Å². The Kier molecular flexibility index (Phi) is 5.93. The molecular weight excluding hydrogens is 354 g/mol. The van der Waals surface area contributed by atoms with E-state index in [9.17, 15) is 8.42 Å². The Morgan fingerprint density at radius 3 is 2.73 bits per heavy atom. The molecule has 0 spiro atoms. The molecule has 1 fully saturated rings. The first-order valence-corrected chi connectivity index (χ1v) is 10.8. The molecule has 8 heteroatoms.